The van der Waals surface area contributed by atoms with E-state index >= 15 is 0 Å². The summed E-state index contributed by atoms with van der Waals surface area (Å²) < 4.78 is 38.3. The molecule has 0 radical (unpaired) electrons. The van der Waals surface area contributed by atoms with Crippen molar-refractivity contribution >= 4 is 5.91 Å². The quantitative estimate of drug-likeness (QED) is 0.793. The van der Waals surface area contributed by atoms with Crippen LogP contribution in [0.25, 0.3) is 0 Å². The largest absolute Gasteiger partial charge is 0.384 e. The highest BCUT2D eigenvalue weighted by Crippen LogP contribution is 2.43. The summed E-state index contributed by atoms with van der Waals surface area (Å²) in [5, 5.41) is 3.09. The van der Waals surface area contributed by atoms with Gasteiger partial charge in [-0.15, -0.1) is 0 Å². The molecule has 0 saturated carbocycles. The van der Waals surface area contributed by atoms with E-state index in [1.54, 1.807) is 25.3 Å². The Morgan fingerprint density at radius 3 is 2.43 bits per heavy atom. The molecule has 1 N–H and O–H groups in total. The van der Waals surface area contributed by atoms with E-state index in [4.69, 9.17) is 9.47 Å². The fraction of sp³-hybridized carbons (Fsp3) is 0.409. The molecular weight excluding hydrogens is 364 g/mol. The predicted molar refractivity (Wildman–Crippen MR) is 102 cm³/mol. The molecular formula is C22H25F2NO3. The number of ether oxygens (including phenoxy) is 2. The highest BCUT2D eigenvalue weighted by molar-refractivity contribution is 5.76. The van der Waals surface area contributed by atoms with Crippen molar-refractivity contribution in [3.8, 4) is 0 Å². The molecule has 4 nitrogen and oxygen atoms in total. The van der Waals surface area contributed by atoms with Gasteiger partial charge in [0, 0.05) is 31.9 Å². The number of nitrogens with one attached hydrogen (secondary N) is 1. The minimum atomic E-state index is -0.556. The van der Waals surface area contributed by atoms with Crippen LogP contribution >= 0.6 is 0 Å². The number of hydrogen-bond donors (Lipinski definition) is 1. The summed E-state index contributed by atoms with van der Waals surface area (Å²) in [4.78, 5) is 12.3. The van der Waals surface area contributed by atoms with Crippen LogP contribution in [-0.4, -0.2) is 25.2 Å². The van der Waals surface area contributed by atoms with E-state index in [9.17, 15) is 13.6 Å². The summed E-state index contributed by atoms with van der Waals surface area (Å²) in [5.41, 5.74) is 0.975. The molecule has 1 heterocycles. The summed E-state index contributed by atoms with van der Waals surface area (Å²) >= 11 is 0. The monoisotopic (exact) mass is 389 g/mol. The summed E-state index contributed by atoms with van der Waals surface area (Å²) in [5.74, 6) is -0.769. The number of carbonyl (C=O) groups is 1. The molecule has 1 amide bonds. The fourth-order valence-electron chi connectivity index (χ4n) is 3.67. The number of rotatable bonds is 6. The van der Waals surface area contributed by atoms with Crippen molar-refractivity contribution in [2.45, 2.75) is 43.9 Å². The first-order valence-corrected chi connectivity index (χ1v) is 9.35. The van der Waals surface area contributed by atoms with Gasteiger partial charge in [0.25, 0.3) is 0 Å². The molecule has 150 valence electrons. The van der Waals surface area contributed by atoms with E-state index in [1.807, 2.05) is 13.0 Å². The Morgan fingerprint density at radius 2 is 1.79 bits per heavy atom. The number of methoxy groups -OCH3 is 1. The van der Waals surface area contributed by atoms with Crippen molar-refractivity contribution < 1.29 is 23.0 Å². The number of hydrogen-bond acceptors (Lipinski definition) is 3. The number of benzene rings is 2. The normalized spacial score (nSPS) is 24.7. The standard InChI is InChI=1S/C22H25F2NO3/c1-22(25-21(26)10-11-27-2)13-19(15-6-8-17(23)9-7-15)28-20(14-22)16-4-3-5-18(24)12-16/h3-9,12,19-20H,10-11,13-14H2,1-2H3,(H,25,26)/t19-,20+,22-/m0/s1. The first-order valence-electron chi connectivity index (χ1n) is 9.35. The number of carbonyl (C=O) groups excluding carboxylic acids is 1. The van der Waals surface area contributed by atoms with Crippen molar-refractivity contribution in [2.24, 2.45) is 0 Å². The van der Waals surface area contributed by atoms with Gasteiger partial charge >= 0.3 is 0 Å². The molecule has 0 unspecified atom stereocenters. The molecule has 0 bridgehead atoms. The zero-order valence-corrected chi connectivity index (χ0v) is 16.1. The topological polar surface area (TPSA) is 47.6 Å². The SMILES string of the molecule is COCCC(=O)N[C@@]1(C)C[C@@H](c2ccc(F)cc2)O[C@@H](c2cccc(F)c2)C1. The van der Waals surface area contributed by atoms with Crippen molar-refractivity contribution in [2.75, 3.05) is 13.7 Å². The molecule has 6 heteroatoms. The Kier molecular flexibility index (Phi) is 6.42. The van der Waals surface area contributed by atoms with Crippen LogP contribution in [0.5, 0.6) is 0 Å². The van der Waals surface area contributed by atoms with Crippen molar-refractivity contribution in [3.63, 3.8) is 0 Å². The van der Waals surface area contributed by atoms with Crippen molar-refractivity contribution in [1.29, 1.82) is 0 Å². The maximum Gasteiger partial charge on any atom is 0.222 e. The van der Waals surface area contributed by atoms with E-state index in [2.05, 4.69) is 5.32 Å². The molecule has 0 spiro atoms. The third-order valence-corrected chi connectivity index (χ3v) is 5.04. The molecule has 1 saturated heterocycles. The van der Waals surface area contributed by atoms with Gasteiger partial charge in [-0.05, 0) is 42.3 Å². The average molecular weight is 389 g/mol. The van der Waals surface area contributed by atoms with Crippen LogP contribution in [-0.2, 0) is 14.3 Å². The predicted octanol–water partition coefficient (Wildman–Crippen LogP) is 4.47. The molecule has 0 aromatic heterocycles. The van der Waals surface area contributed by atoms with Crippen LogP contribution in [0.15, 0.2) is 48.5 Å². The maximum atomic E-state index is 13.7. The Hall–Kier alpha value is -2.31. The Morgan fingerprint density at radius 1 is 1.11 bits per heavy atom. The average Bonchev–Trinajstić information content (AvgIpc) is 2.66. The van der Waals surface area contributed by atoms with Crippen molar-refractivity contribution in [1.82, 2.24) is 5.32 Å². The Balaban J connectivity index is 1.86. The minimum Gasteiger partial charge on any atom is -0.384 e. The molecule has 2 aromatic rings. The van der Waals surface area contributed by atoms with Gasteiger partial charge in [-0.1, -0.05) is 24.3 Å². The number of amides is 1. The first-order chi connectivity index (χ1) is 13.4. The lowest BCUT2D eigenvalue weighted by molar-refractivity contribution is -0.129. The van der Waals surface area contributed by atoms with Crippen LogP contribution in [0.3, 0.4) is 0 Å². The smallest absolute Gasteiger partial charge is 0.222 e. The third kappa shape index (κ3) is 5.14. The second-order valence-corrected chi connectivity index (χ2v) is 7.48. The van der Waals surface area contributed by atoms with E-state index in [-0.39, 0.29) is 30.1 Å². The summed E-state index contributed by atoms with van der Waals surface area (Å²) in [6.45, 7) is 2.30. The summed E-state index contributed by atoms with van der Waals surface area (Å²) in [7, 11) is 1.55. The van der Waals surface area contributed by atoms with Crippen LogP contribution in [0.2, 0.25) is 0 Å². The molecule has 0 aliphatic carbocycles. The number of halogens is 2. The van der Waals surface area contributed by atoms with E-state index in [0.29, 0.717) is 25.0 Å². The molecule has 1 aliphatic heterocycles. The van der Waals surface area contributed by atoms with Gasteiger partial charge < -0.3 is 14.8 Å². The van der Waals surface area contributed by atoms with E-state index < -0.39 is 11.6 Å². The Labute approximate surface area is 163 Å². The third-order valence-electron chi connectivity index (χ3n) is 5.04. The zero-order chi connectivity index (χ0) is 20.1. The lowest BCUT2D eigenvalue weighted by Gasteiger charge is -2.43. The van der Waals surface area contributed by atoms with Gasteiger partial charge in [0.05, 0.1) is 18.8 Å². The maximum absolute atomic E-state index is 13.7. The highest BCUT2D eigenvalue weighted by atomic mass is 19.1. The highest BCUT2D eigenvalue weighted by Gasteiger charge is 2.40. The lowest BCUT2D eigenvalue weighted by Crippen LogP contribution is -2.51. The lowest BCUT2D eigenvalue weighted by atomic mass is 9.81. The molecule has 2 aromatic carbocycles. The molecule has 1 fully saturated rings. The van der Waals surface area contributed by atoms with Gasteiger partial charge in [-0.2, -0.15) is 0 Å². The minimum absolute atomic E-state index is 0.109. The fourth-order valence-corrected chi connectivity index (χ4v) is 3.67. The van der Waals surface area contributed by atoms with Gasteiger partial charge in [-0.25, -0.2) is 8.78 Å². The van der Waals surface area contributed by atoms with Gasteiger partial charge in [-0.3, -0.25) is 4.79 Å². The van der Waals surface area contributed by atoms with E-state index in [0.717, 1.165) is 5.56 Å². The zero-order valence-electron chi connectivity index (χ0n) is 16.1. The van der Waals surface area contributed by atoms with Gasteiger partial charge in [0.2, 0.25) is 5.91 Å². The second kappa shape index (κ2) is 8.80. The molecule has 1 aliphatic rings. The first kappa shape index (κ1) is 20.4. The summed E-state index contributed by atoms with van der Waals surface area (Å²) in [6.07, 6.45) is 0.553. The van der Waals surface area contributed by atoms with E-state index in [1.165, 1.54) is 24.3 Å². The van der Waals surface area contributed by atoms with Crippen LogP contribution in [0, 0.1) is 11.6 Å². The Bertz CT molecular complexity index is 812. The second-order valence-electron chi connectivity index (χ2n) is 7.48. The summed E-state index contributed by atoms with van der Waals surface area (Å²) in [6, 6.07) is 12.4. The van der Waals surface area contributed by atoms with Crippen molar-refractivity contribution in [3.05, 3.63) is 71.3 Å². The molecule has 28 heavy (non-hydrogen) atoms. The molecule has 3 rings (SSSR count). The van der Waals surface area contributed by atoms with Crippen LogP contribution in [0.4, 0.5) is 8.78 Å². The van der Waals surface area contributed by atoms with Crippen LogP contribution in [0.1, 0.15) is 49.5 Å². The van der Waals surface area contributed by atoms with Gasteiger partial charge in [0.1, 0.15) is 11.6 Å². The molecule has 3 atom stereocenters. The van der Waals surface area contributed by atoms with Crippen LogP contribution < -0.4 is 5.32 Å². The van der Waals surface area contributed by atoms with Gasteiger partial charge in [0.15, 0.2) is 0 Å².